The van der Waals surface area contributed by atoms with Crippen LogP contribution in [-0.4, -0.2) is 37.1 Å². The van der Waals surface area contributed by atoms with Crippen LogP contribution >= 0.6 is 0 Å². The fourth-order valence-corrected chi connectivity index (χ4v) is 2.61. The summed E-state index contributed by atoms with van der Waals surface area (Å²) in [6, 6.07) is 18.1. The summed E-state index contributed by atoms with van der Waals surface area (Å²) in [6.45, 7) is 7.42. The van der Waals surface area contributed by atoms with Gasteiger partial charge in [0.1, 0.15) is 6.61 Å². The molecular formula is C20H25NO2. The van der Waals surface area contributed by atoms with Gasteiger partial charge in [-0.25, -0.2) is 0 Å². The highest BCUT2D eigenvalue weighted by Gasteiger charge is 2.10. The van der Waals surface area contributed by atoms with Crippen LogP contribution in [0.2, 0.25) is 0 Å². The summed E-state index contributed by atoms with van der Waals surface area (Å²) in [5.74, 6) is -0.166. The number of likely N-dealkylation sites (N-methyl/N-ethyl adjacent to an activating group) is 1. The van der Waals surface area contributed by atoms with E-state index >= 15 is 0 Å². The van der Waals surface area contributed by atoms with Gasteiger partial charge >= 0.3 is 5.97 Å². The molecule has 3 heteroatoms. The van der Waals surface area contributed by atoms with Crippen molar-refractivity contribution in [2.24, 2.45) is 0 Å². The van der Waals surface area contributed by atoms with Crippen molar-refractivity contribution in [3.05, 3.63) is 60.2 Å². The molecule has 122 valence electrons. The zero-order valence-electron chi connectivity index (χ0n) is 14.0. The SMILES string of the molecule is CCN(CC)CCOC(=O)Cc1ccccc1-c1ccccc1. The molecule has 0 saturated carbocycles. The number of hydrogen-bond acceptors (Lipinski definition) is 3. The zero-order valence-corrected chi connectivity index (χ0v) is 14.0. The van der Waals surface area contributed by atoms with Crippen LogP contribution < -0.4 is 0 Å². The lowest BCUT2D eigenvalue weighted by Crippen LogP contribution is -2.28. The molecule has 2 rings (SSSR count). The van der Waals surface area contributed by atoms with Crippen molar-refractivity contribution in [3.8, 4) is 11.1 Å². The standard InChI is InChI=1S/C20H25NO2/c1-3-21(4-2)14-15-23-20(22)16-18-12-8-9-13-19(18)17-10-6-5-7-11-17/h5-13H,3-4,14-16H2,1-2H3. The third-order valence-corrected chi connectivity index (χ3v) is 4.00. The lowest BCUT2D eigenvalue weighted by molar-refractivity contribution is -0.143. The Kier molecular flexibility index (Phi) is 6.82. The first kappa shape index (κ1) is 17.2. The van der Waals surface area contributed by atoms with Crippen molar-refractivity contribution in [2.75, 3.05) is 26.2 Å². The minimum Gasteiger partial charge on any atom is -0.464 e. The van der Waals surface area contributed by atoms with E-state index in [1.165, 1.54) is 0 Å². The van der Waals surface area contributed by atoms with Crippen molar-refractivity contribution in [1.82, 2.24) is 4.90 Å². The first-order valence-corrected chi connectivity index (χ1v) is 8.25. The quantitative estimate of drug-likeness (QED) is 0.695. The van der Waals surface area contributed by atoms with Gasteiger partial charge in [0.25, 0.3) is 0 Å². The molecule has 3 nitrogen and oxygen atoms in total. The van der Waals surface area contributed by atoms with Gasteiger partial charge in [-0.3, -0.25) is 4.79 Å². The van der Waals surface area contributed by atoms with E-state index in [1.807, 2.05) is 42.5 Å². The second kappa shape index (κ2) is 9.11. The number of carbonyl (C=O) groups is 1. The summed E-state index contributed by atoms with van der Waals surface area (Å²) < 4.78 is 5.39. The lowest BCUT2D eigenvalue weighted by Gasteiger charge is -2.17. The summed E-state index contributed by atoms with van der Waals surface area (Å²) in [5, 5.41) is 0. The minimum absolute atomic E-state index is 0.166. The smallest absolute Gasteiger partial charge is 0.310 e. The monoisotopic (exact) mass is 311 g/mol. The number of ether oxygens (including phenoxy) is 1. The third-order valence-electron chi connectivity index (χ3n) is 4.00. The van der Waals surface area contributed by atoms with Crippen molar-refractivity contribution < 1.29 is 9.53 Å². The van der Waals surface area contributed by atoms with Gasteiger partial charge in [-0.2, -0.15) is 0 Å². The van der Waals surface area contributed by atoms with E-state index in [-0.39, 0.29) is 5.97 Å². The van der Waals surface area contributed by atoms with Crippen molar-refractivity contribution >= 4 is 5.97 Å². The Morgan fingerprint density at radius 2 is 1.61 bits per heavy atom. The molecule has 0 amide bonds. The second-order valence-electron chi connectivity index (χ2n) is 5.45. The lowest BCUT2D eigenvalue weighted by atomic mass is 9.98. The Morgan fingerprint density at radius 1 is 0.957 bits per heavy atom. The van der Waals surface area contributed by atoms with E-state index in [4.69, 9.17) is 4.74 Å². The molecule has 0 aliphatic heterocycles. The molecule has 0 saturated heterocycles. The highest BCUT2D eigenvalue weighted by atomic mass is 16.5. The van der Waals surface area contributed by atoms with Crippen LogP contribution in [0.15, 0.2) is 54.6 Å². The van der Waals surface area contributed by atoms with Gasteiger partial charge in [-0.05, 0) is 29.8 Å². The summed E-state index contributed by atoms with van der Waals surface area (Å²) in [4.78, 5) is 14.4. The molecule has 0 unspecified atom stereocenters. The van der Waals surface area contributed by atoms with Gasteiger partial charge in [-0.15, -0.1) is 0 Å². The summed E-state index contributed by atoms with van der Waals surface area (Å²) in [6.07, 6.45) is 0.309. The molecule has 2 aromatic rings. The van der Waals surface area contributed by atoms with Crippen LogP contribution in [-0.2, 0) is 16.0 Å². The largest absolute Gasteiger partial charge is 0.464 e. The maximum atomic E-state index is 12.1. The van der Waals surface area contributed by atoms with E-state index in [0.29, 0.717) is 13.0 Å². The van der Waals surface area contributed by atoms with Crippen LogP contribution in [0.5, 0.6) is 0 Å². The zero-order chi connectivity index (χ0) is 16.5. The topological polar surface area (TPSA) is 29.5 Å². The number of esters is 1. The van der Waals surface area contributed by atoms with Crippen molar-refractivity contribution in [3.63, 3.8) is 0 Å². The van der Waals surface area contributed by atoms with Crippen molar-refractivity contribution in [1.29, 1.82) is 0 Å². The van der Waals surface area contributed by atoms with Crippen LogP contribution in [0.3, 0.4) is 0 Å². The Hall–Kier alpha value is -2.13. The van der Waals surface area contributed by atoms with Gasteiger partial charge in [0, 0.05) is 6.54 Å². The third kappa shape index (κ3) is 5.22. The highest BCUT2D eigenvalue weighted by molar-refractivity contribution is 5.77. The van der Waals surface area contributed by atoms with Crippen molar-refractivity contribution in [2.45, 2.75) is 20.3 Å². The number of nitrogens with zero attached hydrogens (tertiary/aromatic N) is 1. The number of benzene rings is 2. The molecule has 0 aromatic heterocycles. The Bertz CT molecular complexity index is 606. The average molecular weight is 311 g/mol. The minimum atomic E-state index is -0.166. The Labute approximate surface area is 138 Å². The van der Waals surface area contributed by atoms with Gasteiger partial charge in [0.05, 0.1) is 6.42 Å². The molecule has 0 aliphatic carbocycles. The van der Waals surface area contributed by atoms with Gasteiger partial charge in [0.2, 0.25) is 0 Å². The van der Waals surface area contributed by atoms with Crippen LogP contribution in [0.25, 0.3) is 11.1 Å². The number of rotatable bonds is 8. The predicted octanol–water partition coefficient (Wildman–Crippen LogP) is 3.78. The van der Waals surface area contributed by atoms with Gasteiger partial charge < -0.3 is 9.64 Å². The fraction of sp³-hybridized carbons (Fsp3) is 0.350. The van der Waals surface area contributed by atoms with E-state index in [9.17, 15) is 4.79 Å². The molecule has 0 N–H and O–H groups in total. The maximum absolute atomic E-state index is 12.1. The fourth-order valence-electron chi connectivity index (χ4n) is 2.61. The predicted molar refractivity (Wildman–Crippen MR) is 94.3 cm³/mol. The van der Waals surface area contributed by atoms with Crippen LogP contribution in [0.1, 0.15) is 19.4 Å². The van der Waals surface area contributed by atoms with E-state index in [2.05, 4.69) is 30.9 Å². The summed E-state index contributed by atoms with van der Waals surface area (Å²) >= 11 is 0. The molecule has 2 aromatic carbocycles. The second-order valence-corrected chi connectivity index (χ2v) is 5.45. The Balaban J connectivity index is 1.97. The van der Waals surface area contributed by atoms with E-state index in [1.54, 1.807) is 0 Å². The van der Waals surface area contributed by atoms with Crippen LogP contribution in [0.4, 0.5) is 0 Å². The van der Waals surface area contributed by atoms with E-state index < -0.39 is 0 Å². The first-order chi connectivity index (χ1) is 11.2. The molecule has 0 atom stereocenters. The highest BCUT2D eigenvalue weighted by Crippen LogP contribution is 2.23. The molecule has 23 heavy (non-hydrogen) atoms. The molecule has 0 bridgehead atoms. The number of hydrogen-bond donors (Lipinski definition) is 0. The molecule has 0 heterocycles. The first-order valence-electron chi connectivity index (χ1n) is 8.25. The normalized spacial score (nSPS) is 10.7. The molecule has 0 spiro atoms. The van der Waals surface area contributed by atoms with E-state index in [0.717, 1.165) is 36.3 Å². The molecule has 0 radical (unpaired) electrons. The van der Waals surface area contributed by atoms with Gasteiger partial charge in [0.15, 0.2) is 0 Å². The maximum Gasteiger partial charge on any atom is 0.310 e. The Morgan fingerprint density at radius 3 is 2.30 bits per heavy atom. The molecule has 0 aliphatic rings. The number of carbonyl (C=O) groups excluding carboxylic acids is 1. The van der Waals surface area contributed by atoms with Crippen LogP contribution in [0, 0.1) is 0 Å². The molecular weight excluding hydrogens is 286 g/mol. The average Bonchev–Trinajstić information content (AvgIpc) is 2.60. The molecule has 0 fully saturated rings. The summed E-state index contributed by atoms with van der Waals surface area (Å²) in [7, 11) is 0. The summed E-state index contributed by atoms with van der Waals surface area (Å²) in [5.41, 5.74) is 3.22. The van der Waals surface area contributed by atoms with Gasteiger partial charge in [-0.1, -0.05) is 68.4 Å².